The van der Waals surface area contributed by atoms with E-state index in [1.165, 1.54) is 14.2 Å². The van der Waals surface area contributed by atoms with Gasteiger partial charge in [0.05, 0.1) is 19.9 Å². The number of hydrogen-bond acceptors (Lipinski definition) is 6. The van der Waals surface area contributed by atoms with Crippen molar-refractivity contribution in [2.24, 2.45) is 0 Å². The lowest BCUT2D eigenvalue weighted by Crippen LogP contribution is -2.46. The Morgan fingerprint density at radius 1 is 1.15 bits per heavy atom. The normalized spacial score (nSPS) is 17.9. The first kappa shape index (κ1) is 19.1. The molecule has 7 nitrogen and oxygen atoms in total. The molecule has 7 heteroatoms. The van der Waals surface area contributed by atoms with E-state index >= 15 is 0 Å². The Hall–Kier alpha value is -2.64. The third-order valence-corrected chi connectivity index (χ3v) is 5.09. The second-order valence-corrected chi connectivity index (χ2v) is 6.64. The van der Waals surface area contributed by atoms with E-state index in [0.29, 0.717) is 48.7 Å². The SMILES string of the molecule is COc1ccc(C(C(=O)O)N2CCC(O)(c3ccccn3)CC2)cc1OC. The first-order valence-corrected chi connectivity index (χ1v) is 8.81. The van der Waals surface area contributed by atoms with Crippen LogP contribution in [0.4, 0.5) is 0 Å². The Morgan fingerprint density at radius 2 is 1.85 bits per heavy atom. The smallest absolute Gasteiger partial charge is 0.325 e. The molecule has 1 aliphatic heterocycles. The van der Waals surface area contributed by atoms with Crippen LogP contribution in [0.2, 0.25) is 0 Å². The fraction of sp³-hybridized carbons (Fsp3) is 0.400. The van der Waals surface area contributed by atoms with E-state index in [0.717, 1.165) is 0 Å². The van der Waals surface area contributed by atoms with Gasteiger partial charge >= 0.3 is 5.97 Å². The van der Waals surface area contributed by atoms with Gasteiger partial charge in [-0.25, -0.2) is 0 Å². The molecule has 1 fully saturated rings. The number of hydrogen-bond donors (Lipinski definition) is 2. The largest absolute Gasteiger partial charge is 0.493 e. The summed E-state index contributed by atoms with van der Waals surface area (Å²) < 4.78 is 10.5. The van der Waals surface area contributed by atoms with Crippen molar-refractivity contribution < 1.29 is 24.5 Å². The summed E-state index contributed by atoms with van der Waals surface area (Å²) in [7, 11) is 3.06. The van der Waals surface area contributed by atoms with Gasteiger partial charge in [0.15, 0.2) is 11.5 Å². The number of nitrogens with zero attached hydrogens (tertiary/aromatic N) is 2. The van der Waals surface area contributed by atoms with E-state index in [1.54, 1.807) is 36.5 Å². The number of aliphatic hydroxyl groups is 1. The van der Waals surface area contributed by atoms with Crippen LogP contribution in [0.1, 0.15) is 30.1 Å². The van der Waals surface area contributed by atoms with Gasteiger partial charge in [0.1, 0.15) is 11.6 Å². The van der Waals surface area contributed by atoms with E-state index in [2.05, 4.69) is 4.98 Å². The quantitative estimate of drug-likeness (QED) is 0.803. The van der Waals surface area contributed by atoms with E-state index < -0.39 is 17.6 Å². The van der Waals surface area contributed by atoms with Crippen molar-refractivity contribution in [1.29, 1.82) is 0 Å². The first-order valence-electron chi connectivity index (χ1n) is 8.81. The molecule has 2 heterocycles. The molecule has 0 aliphatic carbocycles. The Balaban J connectivity index is 1.81. The number of likely N-dealkylation sites (tertiary alicyclic amines) is 1. The van der Waals surface area contributed by atoms with Gasteiger partial charge in [-0.2, -0.15) is 0 Å². The highest BCUT2D eigenvalue weighted by molar-refractivity contribution is 5.76. The van der Waals surface area contributed by atoms with E-state index in [9.17, 15) is 15.0 Å². The van der Waals surface area contributed by atoms with Crippen LogP contribution in [0.25, 0.3) is 0 Å². The molecule has 0 bridgehead atoms. The minimum Gasteiger partial charge on any atom is -0.493 e. The number of aliphatic carboxylic acids is 1. The van der Waals surface area contributed by atoms with Gasteiger partial charge in [-0.05, 0) is 42.7 Å². The summed E-state index contributed by atoms with van der Waals surface area (Å²) >= 11 is 0. The number of carboxylic acids is 1. The summed E-state index contributed by atoms with van der Waals surface area (Å²) in [6, 6.07) is 9.77. The molecule has 144 valence electrons. The van der Waals surface area contributed by atoms with Gasteiger partial charge in [-0.15, -0.1) is 0 Å². The number of piperidine rings is 1. The monoisotopic (exact) mass is 372 g/mol. The fourth-order valence-corrected chi connectivity index (χ4v) is 3.58. The zero-order valence-corrected chi connectivity index (χ0v) is 15.5. The molecule has 0 radical (unpaired) electrons. The molecule has 0 amide bonds. The molecule has 1 saturated heterocycles. The minimum atomic E-state index is -1.03. The van der Waals surface area contributed by atoms with E-state index in [-0.39, 0.29) is 0 Å². The summed E-state index contributed by atoms with van der Waals surface area (Å²) in [5.74, 6) is 0.0994. The molecular formula is C20H24N2O5. The number of benzene rings is 1. The minimum absolute atomic E-state index is 0.418. The van der Waals surface area contributed by atoms with E-state index in [1.807, 2.05) is 11.0 Å². The van der Waals surface area contributed by atoms with Gasteiger partial charge in [-0.1, -0.05) is 12.1 Å². The molecule has 1 atom stereocenters. The van der Waals surface area contributed by atoms with Crippen molar-refractivity contribution in [3.8, 4) is 11.5 Å². The number of aromatic nitrogens is 1. The lowest BCUT2D eigenvalue weighted by molar-refractivity contribution is -0.146. The number of rotatable bonds is 6. The third-order valence-electron chi connectivity index (χ3n) is 5.09. The van der Waals surface area contributed by atoms with Gasteiger partial charge < -0.3 is 19.7 Å². The summed E-state index contributed by atoms with van der Waals surface area (Å²) in [6.07, 6.45) is 2.49. The van der Waals surface area contributed by atoms with Gasteiger partial charge in [-0.3, -0.25) is 14.7 Å². The summed E-state index contributed by atoms with van der Waals surface area (Å²) in [5, 5.41) is 20.8. The lowest BCUT2D eigenvalue weighted by atomic mass is 9.86. The highest BCUT2D eigenvalue weighted by Gasteiger charge is 2.39. The molecule has 1 aromatic heterocycles. The molecular weight excluding hydrogens is 348 g/mol. The Labute approximate surface area is 158 Å². The maximum Gasteiger partial charge on any atom is 0.325 e. The molecule has 0 spiro atoms. The van der Waals surface area contributed by atoms with Gasteiger partial charge in [0.25, 0.3) is 0 Å². The lowest BCUT2D eigenvalue weighted by Gasteiger charge is -2.40. The molecule has 3 rings (SSSR count). The number of ether oxygens (including phenoxy) is 2. The van der Waals surface area contributed by atoms with Crippen LogP contribution in [-0.2, 0) is 10.4 Å². The molecule has 1 aliphatic rings. The van der Waals surface area contributed by atoms with Crippen molar-refractivity contribution in [2.75, 3.05) is 27.3 Å². The molecule has 1 aromatic carbocycles. The molecule has 2 N–H and O–H groups in total. The van der Waals surface area contributed by atoms with Crippen LogP contribution < -0.4 is 9.47 Å². The van der Waals surface area contributed by atoms with E-state index in [4.69, 9.17) is 9.47 Å². The zero-order valence-electron chi connectivity index (χ0n) is 15.5. The number of carbonyl (C=O) groups is 1. The van der Waals surface area contributed by atoms with Crippen LogP contribution in [0.15, 0.2) is 42.6 Å². The van der Waals surface area contributed by atoms with Crippen LogP contribution in [0.3, 0.4) is 0 Å². The van der Waals surface area contributed by atoms with Crippen LogP contribution >= 0.6 is 0 Å². The average molecular weight is 372 g/mol. The summed E-state index contributed by atoms with van der Waals surface area (Å²) in [6.45, 7) is 0.886. The van der Waals surface area contributed by atoms with Gasteiger partial charge in [0, 0.05) is 19.3 Å². The predicted octanol–water partition coefficient (Wildman–Crippen LogP) is 2.21. The Kier molecular flexibility index (Phi) is 5.62. The second kappa shape index (κ2) is 7.94. The van der Waals surface area contributed by atoms with Crippen molar-refractivity contribution in [2.45, 2.75) is 24.5 Å². The molecule has 1 unspecified atom stereocenters. The van der Waals surface area contributed by atoms with Crippen molar-refractivity contribution in [3.63, 3.8) is 0 Å². The standard InChI is InChI=1S/C20H24N2O5/c1-26-15-7-6-14(13-16(15)27-2)18(19(23)24)22-11-8-20(25,9-12-22)17-5-3-4-10-21-17/h3-7,10,13,18,25H,8-9,11-12H2,1-2H3,(H,23,24). The topological polar surface area (TPSA) is 92.1 Å². The summed E-state index contributed by atoms with van der Waals surface area (Å²) in [5.41, 5.74) is 0.212. The maximum absolute atomic E-state index is 12.0. The Bertz CT molecular complexity index is 788. The van der Waals surface area contributed by atoms with Gasteiger partial charge in [0.2, 0.25) is 0 Å². The second-order valence-electron chi connectivity index (χ2n) is 6.64. The number of pyridine rings is 1. The first-order chi connectivity index (χ1) is 13.0. The zero-order chi connectivity index (χ0) is 19.4. The summed E-state index contributed by atoms with van der Waals surface area (Å²) in [4.78, 5) is 18.1. The van der Waals surface area contributed by atoms with Crippen LogP contribution in [-0.4, -0.2) is 53.4 Å². The fourth-order valence-electron chi connectivity index (χ4n) is 3.58. The molecule has 2 aromatic rings. The third kappa shape index (κ3) is 3.89. The van der Waals surface area contributed by atoms with Crippen LogP contribution in [0, 0.1) is 0 Å². The average Bonchev–Trinajstić information content (AvgIpc) is 2.70. The van der Waals surface area contributed by atoms with Crippen molar-refractivity contribution >= 4 is 5.97 Å². The highest BCUT2D eigenvalue weighted by atomic mass is 16.5. The highest BCUT2D eigenvalue weighted by Crippen LogP contribution is 2.37. The molecule has 0 saturated carbocycles. The Morgan fingerprint density at radius 3 is 2.41 bits per heavy atom. The van der Waals surface area contributed by atoms with Crippen molar-refractivity contribution in [1.82, 2.24) is 9.88 Å². The maximum atomic E-state index is 12.0. The number of methoxy groups -OCH3 is 2. The van der Waals surface area contributed by atoms with Crippen molar-refractivity contribution in [3.05, 3.63) is 53.9 Å². The van der Waals surface area contributed by atoms with Crippen LogP contribution in [0.5, 0.6) is 11.5 Å². The predicted molar refractivity (Wildman–Crippen MR) is 98.9 cm³/mol. The number of carboxylic acid groups (broad SMARTS) is 1. The molecule has 27 heavy (non-hydrogen) atoms.